The third kappa shape index (κ3) is 1.87. The van der Waals surface area contributed by atoms with E-state index in [1.807, 2.05) is 24.3 Å². The Morgan fingerprint density at radius 3 is 2.60 bits per heavy atom. The zero-order valence-corrected chi connectivity index (χ0v) is 10.6. The molecule has 0 spiro atoms. The largest absolute Gasteiger partial charge is 0.497 e. The Bertz CT molecular complexity index is 778. The molecule has 0 amide bonds. The molecule has 1 aromatic carbocycles. The number of carboxylic acid groups (broad SMARTS) is 1. The summed E-state index contributed by atoms with van der Waals surface area (Å²) in [6.45, 7) is 0. The summed E-state index contributed by atoms with van der Waals surface area (Å²) < 4.78 is 6.76. The molecule has 0 fully saturated rings. The van der Waals surface area contributed by atoms with Crippen LogP contribution < -0.4 is 4.74 Å². The van der Waals surface area contributed by atoms with Gasteiger partial charge in [-0.15, -0.1) is 10.2 Å². The number of methoxy groups -OCH3 is 1. The molecule has 0 bridgehead atoms. The molecule has 20 heavy (non-hydrogen) atoms. The number of ether oxygens (including phenoxy) is 1. The van der Waals surface area contributed by atoms with Gasteiger partial charge in [-0.2, -0.15) is 0 Å². The number of fused-ring (bicyclic) bond motifs is 1. The Hall–Kier alpha value is -2.89. The number of aromatic nitrogens is 3. The van der Waals surface area contributed by atoms with Crippen LogP contribution in [0, 0.1) is 0 Å². The number of rotatable bonds is 3. The Kier molecular flexibility index (Phi) is 2.83. The standard InChI is InChI=1S/C14H11N3O3/c1-20-10-6-4-9(5-7-10)12-15-16-13-11(14(18)19)3-2-8-17(12)13/h2-8H,1H3,(H,18,19). The summed E-state index contributed by atoms with van der Waals surface area (Å²) in [5, 5.41) is 17.2. The third-order valence-corrected chi connectivity index (χ3v) is 3.01. The minimum absolute atomic E-state index is 0.125. The van der Waals surface area contributed by atoms with Gasteiger partial charge in [-0.3, -0.25) is 4.40 Å². The minimum Gasteiger partial charge on any atom is -0.497 e. The fraction of sp³-hybridized carbons (Fsp3) is 0.0714. The maximum atomic E-state index is 11.1. The van der Waals surface area contributed by atoms with Crippen LogP contribution >= 0.6 is 0 Å². The van der Waals surface area contributed by atoms with Gasteiger partial charge in [0.1, 0.15) is 11.3 Å². The summed E-state index contributed by atoms with van der Waals surface area (Å²) >= 11 is 0. The Balaban J connectivity index is 2.17. The van der Waals surface area contributed by atoms with E-state index in [-0.39, 0.29) is 5.56 Å². The van der Waals surface area contributed by atoms with Crippen molar-refractivity contribution in [2.45, 2.75) is 0 Å². The van der Waals surface area contributed by atoms with Crippen molar-refractivity contribution in [1.82, 2.24) is 14.6 Å². The van der Waals surface area contributed by atoms with Crippen LogP contribution in [0.4, 0.5) is 0 Å². The van der Waals surface area contributed by atoms with Gasteiger partial charge in [0.25, 0.3) is 0 Å². The molecule has 0 aliphatic heterocycles. The number of carboxylic acids is 1. The number of hydrogen-bond acceptors (Lipinski definition) is 4. The summed E-state index contributed by atoms with van der Waals surface area (Å²) in [5.41, 5.74) is 1.28. The van der Waals surface area contributed by atoms with Crippen LogP contribution in [0.5, 0.6) is 5.75 Å². The van der Waals surface area contributed by atoms with Crippen LogP contribution in [0.15, 0.2) is 42.6 Å². The maximum Gasteiger partial charge on any atom is 0.339 e. The van der Waals surface area contributed by atoms with Crippen LogP contribution in [-0.4, -0.2) is 32.8 Å². The van der Waals surface area contributed by atoms with Crippen molar-refractivity contribution in [3.63, 3.8) is 0 Å². The Labute approximate surface area is 114 Å². The highest BCUT2D eigenvalue weighted by atomic mass is 16.5. The number of pyridine rings is 1. The second kappa shape index (κ2) is 4.65. The highest BCUT2D eigenvalue weighted by Gasteiger charge is 2.14. The molecule has 0 aliphatic rings. The normalized spacial score (nSPS) is 10.7. The highest BCUT2D eigenvalue weighted by molar-refractivity contribution is 5.94. The van der Waals surface area contributed by atoms with Gasteiger partial charge in [-0.25, -0.2) is 4.79 Å². The van der Waals surface area contributed by atoms with Gasteiger partial charge in [0, 0.05) is 11.8 Å². The second-order valence-electron chi connectivity index (χ2n) is 4.17. The van der Waals surface area contributed by atoms with E-state index >= 15 is 0 Å². The molecule has 2 heterocycles. The van der Waals surface area contributed by atoms with Gasteiger partial charge < -0.3 is 9.84 Å². The summed E-state index contributed by atoms with van der Waals surface area (Å²) in [6.07, 6.45) is 1.74. The summed E-state index contributed by atoms with van der Waals surface area (Å²) in [5.74, 6) is 0.309. The molecule has 0 atom stereocenters. The van der Waals surface area contributed by atoms with Crippen molar-refractivity contribution in [2.75, 3.05) is 7.11 Å². The van der Waals surface area contributed by atoms with E-state index < -0.39 is 5.97 Å². The predicted octanol–water partition coefficient (Wildman–Crippen LogP) is 2.10. The summed E-state index contributed by atoms with van der Waals surface area (Å²) in [4.78, 5) is 11.1. The van der Waals surface area contributed by atoms with Gasteiger partial charge in [0.15, 0.2) is 11.5 Å². The van der Waals surface area contributed by atoms with E-state index in [9.17, 15) is 4.79 Å². The first-order valence-electron chi connectivity index (χ1n) is 5.92. The Morgan fingerprint density at radius 2 is 1.95 bits per heavy atom. The van der Waals surface area contributed by atoms with Gasteiger partial charge in [0.2, 0.25) is 0 Å². The molecule has 6 nitrogen and oxygen atoms in total. The quantitative estimate of drug-likeness (QED) is 0.788. The van der Waals surface area contributed by atoms with Crippen molar-refractivity contribution < 1.29 is 14.6 Å². The molecular weight excluding hydrogens is 258 g/mol. The van der Waals surface area contributed by atoms with Crippen molar-refractivity contribution in [1.29, 1.82) is 0 Å². The van der Waals surface area contributed by atoms with Crippen molar-refractivity contribution in [2.24, 2.45) is 0 Å². The molecule has 6 heteroatoms. The molecular formula is C14H11N3O3. The van der Waals surface area contributed by atoms with Gasteiger partial charge in [0.05, 0.1) is 7.11 Å². The van der Waals surface area contributed by atoms with Crippen molar-refractivity contribution in [3.05, 3.63) is 48.2 Å². The SMILES string of the molecule is COc1ccc(-c2nnc3c(C(=O)O)cccn23)cc1. The zero-order chi connectivity index (χ0) is 14.1. The molecule has 3 rings (SSSR count). The van der Waals surface area contributed by atoms with Crippen LogP contribution in [0.2, 0.25) is 0 Å². The lowest BCUT2D eigenvalue weighted by Crippen LogP contribution is -2.00. The minimum atomic E-state index is -1.02. The fourth-order valence-electron chi connectivity index (χ4n) is 2.02. The van der Waals surface area contributed by atoms with Crippen LogP contribution in [0.25, 0.3) is 17.0 Å². The molecule has 0 unspecified atom stereocenters. The smallest absolute Gasteiger partial charge is 0.339 e. The lowest BCUT2D eigenvalue weighted by Gasteiger charge is -2.03. The van der Waals surface area contributed by atoms with Gasteiger partial charge in [-0.1, -0.05) is 0 Å². The zero-order valence-electron chi connectivity index (χ0n) is 10.6. The van der Waals surface area contributed by atoms with Gasteiger partial charge >= 0.3 is 5.97 Å². The molecule has 3 aromatic rings. The lowest BCUT2D eigenvalue weighted by molar-refractivity contribution is 0.0698. The summed E-state index contributed by atoms with van der Waals surface area (Å²) in [6, 6.07) is 10.5. The molecule has 1 N–H and O–H groups in total. The average molecular weight is 269 g/mol. The molecule has 0 saturated heterocycles. The molecule has 0 radical (unpaired) electrons. The molecule has 100 valence electrons. The van der Waals surface area contributed by atoms with E-state index in [0.717, 1.165) is 11.3 Å². The monoisotopic (exact) mass is 269 g/mol. The van der Waals surface area contributed by atoms with Crippen LogP contribution in [0.1, 0.15) is 10.4 Å². The Morgan fingerprint density at radius 1 is 1.20 bits per heavy atom. The maximum absolute atomic E-state index is 11.1. The van der Waals surface area contributed by atoms with Crippen molar-refractivity contribution in [3.8, 4) is 17.1 Å². The van der Waals surface area contributed by atoms with Crippen molar-refractivity contribution >= 4 is 11.6 Å². The fourth-order valence-corrected chi connectivity index (χ4v) is 2.02. The first kappa shape index (κ1) is 12.2. The molecule has 0 saturated carbocycles. The lowest BCUT2D eigenvalue weighted by atomic mass is 10.2. The van der Waals surface area contributed by atoms with E-state index in [2.05, 4.69) is 10.2 Å². The second-order valence-corrected chi connectivity index (χ2v) is 4.17. The summed E-state index contributed by atoms with van der Waals surface area (Å²) in [7, 11) is 1.60. The molecule has 2 aromatic heterocycles. The highest BCUT2D eigenvalue weighted by Crippen LogP contribution is 2.22. The topological polar surface area (TPSA) is 76.7 Å². The first-order valence-corrected chi connectivity index (χ1v) is 5.92. The van der Waals surface area contributed by atoms with Gasteiger partial charge in [-0.05, 0) is 36.4 Å². The van der Waals surface area contributed by atoms with E-state index in [1.54, 1.807) is 23.8 Å². The van der Waals surface area contributed by atoms with Crippen LogP contribution in [-0.2, 0) is 0 Å². The number of benzene rings is 1. The first-order chi connectivity index (χ1) is 9.70. The average Bonchev–Trinajstić information content (AvgIpc) is 2.91. The predicted molar refractivity (Wildman–Crippen MR) is 71.9 cm³/mol. The van der Waals surface area contributed by atoms with E-state index in [4.69, 9.17) is 9.84 Å². The third-order valence-electron chi connectivity index (χ3n) is 3.01. The number of aromatic carboxylic acids is 1. The van der Waals surface area contributed by atoms with E-state index in [1.165, 1.54) is 6.07 Å². The number of nitrogens with zero attached hydrogens (tertiary/aromatic N) is 3. The van der Waals surface area contributed by atoms with Crippen LogP contribution in [0.3, 0.4) is 0 Å². The number of carbonyl (C=O) groups is 1. The number of hydrogen-bond donors (Lipinski definition) is 1. The van der Waals surface area contributed by atoms with E-state index in [0.29, 0.717) is 11.5 Å². The molecule has 0 aliphatic carbocycles.